The molecule has 0 radical (unpaired) electrons. The first-order valence-electron chi connectivity index (χ1n) is 10.8. The second kappa shape index (κ2) is 11.6. The lowest BCUT2D eigenvalue weighted by molar-refractivity contribution is -0.124. The Labute approximate surface area is 209 Å². The number of aliphatic hydroxyl groups excluding tert-OH is 1. The number of ether oxygens (including phenoxy) is 1. The number of aromatic amines is 1. The molecule has 3 rings (SSSR count). The van der Waals surface area contributed by atoms with E-state index in [4.69, 9.17) is 10.5 Å². The minimum Gasteiger partial charge on any atom is -0.487 e. The summed E-state index contributed by atoms with van der Waals surface area (Å²) in [5.41, 5.74) is 8.42. The van der Waals surface area contributed by atoms with Crippen molar-refractivity contribution in [2.24, 2.45) is 5.73 Å². The van der Waals surface area contributed by atoms with Crippen LogP contribution in [0.5, 0.6) is 5.75 Å². The number of carbonyl (C=O) groups excluding carboxylic acids is 1. The molecule has 0 spiro atoms. The van der Waals surface area contributed by atoms with Crippen molar-refractivity contribution in [3.8, 4) is 5.75 Å². The van der Waals surface area contributed by atoms with Crippen molar-refractivity contribution >= 4 is 21.8 Å². The van der Waals surface area contributed by atoms with Gasteiger partial charge in [-0.15, -0.1) is 0 Å². The Morgan fingerprint density at radius 3 is 2.49 bits per heavy atom. The molecular formula is C25H26BrF2N3O4. The van der Waals surface area contributed by atoms with Crippen molar-refractivity contribution < 1.29 is 23.4 Å². The number of amides is 1. The van der Waals surface area contributed by atoms with Crippen LogP contribution >= 0.6 is 15.9 Å². The molecule has 0 aliphatic heterocycles. The largest absolute Gasteiger partial charge is 0.487 e. The number of carbonyl (C=O) groups is 1. The van der Waals surface area contributed by atoms with Crippen LogP contribution in [0.25, 0.3) is 0 Å². The van der Waals surface area contributed by atoms with Gasteiger partial charge in [0.2, 0.25) is 5.91 Å². The first kappa shape index (κ1) is 26.5. The molecule has 1 amide bonds. The van der Waals surface area contributed by atoms with E-state index in [0.29, 0.717) is 17.7 Å². The molecule has 0 unspecified atom stereocenters. The molecule has 0 saturated carbocycles. The smallest absolute Gasteiger partial charge is 0.266 e. The van der Waals surface area contributed by atoms with E-state index in [-0.39, 0.29) is 34.5 Å². The molecule has 186 valence electrons. The van der Waals surface area contributed by atoms with Gasteiger partial charge in [-0.25, -0.2) is 8.78 Å². The van der Waals surface area contributed by atoms with E-state index in [1.807, 2.05) is 24.3 Å². The summed E-state index contributed by atoms with van der Waals surface area (Å²) < 4.78 is 33.3. The van der Waals surface area contributed by atoms with Crippen LogP contribution in [0.3, 0.4) is 0 Å². The van der Waals surface area contributed by atoms with Crippen LogP contribution in [0.15, 0.2) is 51.7 Å². The Balaban J connectivity index is 1.76. The van der Waals surface area contributed by atoms with Crippen LogP contribution in [0.2, 0.25) is 0 Å². The summed E-state index contributed by atoms with van der Waals surface area (Å²) in [7, 11) is 0. The van der Waals surface area contributed by atoms with Crippen molar-refractivity contribution in [3.63, 3.8) is 0 Å². The zero-order valence-electron chi connectivity index (χ0n) is 19.2. The SMILES string of the molecule is Cc1[nH]c(=O)c(Br)c(OCc2ccc(F)cc2F)c1Cc1ccc(CNC(=O)[C@@H](N)[C@@H](C)O)cc1. The Hall–Kier alpha value is -3.08. The average Bonchev–Trinajstić information content (AvgIpc) is 2.82. The number of nitrogens with two attached hydrogens (primary N) is 1. The molecule has 2 aromatic carbocycles. The lowest BCUT2D eigenvalue weighted by Crippen LogP contribution is -2.46. The van der Waals surface area contributed by atoms with Gasteiger partial charge in [0.05, 0.1) is 6.10 Å². The normalized spacial score (nSPS) is 12.8. The number of halogens is 3. The number of hydrogen-bond donors (Lipinski definition) is 4. The first-order valence-corrected chi connectivity index (χ1v) is 11.6. The molecule has 5 N–H and O–H groups in total. The van der Waals surface area contributed by atoms with Gasteiger partial charge in [0.1, 0.15) is 34.5 Å². The van der Waals surface area contributed by atoms with Crippen molar-refractivity contribution in [2.45, 2.75) is 45.6 Å². The Morgan fingerprint density at radius 1 is 1.20 bits per heavy atom. The van der Waals surface area contributed by atoms with Gasteiger partial charge in [0, 0.05) is 35.9 Å². The summed E-state index contributed by atoms with van der Waals surface area (Å²) in [6.07, 6.45) is -0.546. The van der Waals surface area contributed by atoms with E-state index < -0.39 is 29.7 Å². The summed E-state index contributed by atoms with van der Waals surface area (Å²) in [6.45, 7) is 3.25. The second-order valence-corrected chi connectivity index (χ2v) is 9.00. The van der Waals surface area contributed by atoms with Crippen molar-refractivity contribution in [3.05, 3.63) is 96.9 Å². The van der Waals surface area contributed by atoms with E-state index in [1.54, 1.807) is 6.92 Å². The molecular weight excluding hydrogens is 524 g/mol. The van der Waals surface area contributed by atoms with Crippen LogP contribution in [-0.2, 0) is 24.4 Å². The number of pyridine rings is 1. The summed E-state index contributed by atoms with van der Waals surface area (Å²) in [4.78, 5) is 27.0. The summed E-state index contributed by atoms with van der Waals surface area (Å²) in [5.74, 6) is -1.59. The Morgan fingerprint density at radius 2 is 1.86 bits per heavy atom. The Bertz CT molecular complexity index is 1260. The minimum atomic E-state index is -1.00. The quantitative estimate of drug-likeness (QED) is 0.327. The highest BCUT2D eigenvalue weighted by atomic mass is 79.9. The number of aryl methyl sites for hydroxylation is 1. The first-order chi connectivity index (χ1) is 16.6. The Kier molecular flexibility index (Phi) is 8.76. The third-order valence-corrected chi connectivity index (χ3v) is 6.23. The van der Waals surface area contributed by atoms with Gasteiger partial charge in [-0.3, -0.25) is 9.59 Å². The standard InChI is InChI=1S/C25H26BrF2N3O4/c1-13-19(9-15-3-5-16(6-4-15)11-30-25(34)22(29)14(2)32)23(21(26)24(33)31-13)35-12-17-7-8-18(27)10-20(17)28/h3-8,10,14,22,32H,9,11-12,29H2,1-2H3,(H,30,34)(H,31,33)/t14-,22+/m1/s1. The molecule has 3 aromatic rings. The predicted molar refractivity (Wildman–Crippen MR) is 131 cm³/mol. The molecule has 7 nitrogen and oxygen atoms in total. The summed E-state index contributed by atoms with van der Waals surface area (Å²) >= 11 is 3.26. The number of nitrogens with one attached hydrogen (secondary N) is 2. The summed E-state index contributed by atoms with van der Waals surface area (Å²) in [5, 5.41) is 12.1. The molecule has 0 saturated heterocycles. The second-order valence-electron chi connectivity index (χ2n) is 8.20. The number of H-pyrrole nitrogens is 1. The summed E-state index contributed by atoms with van der Waals surface area (Å²) in [6, 6.07) is 9.64. The highest BCUT2D eigenvalue weighted by molar-refractivity contribution is 9.10. The predicted octanol–water partition coefficient (Wildman–Crippen LogP) is 3.22. The van der Waals surface area contributed by atoms with Crippen molar-refractivity contribution in [2.75, 3.05) is 0 Å². The molecule has 10 heteroatoms. The monoisotopic (exact) mass is 549 g/mol. The molecule has 0 fully saturated rings. The highest BCUT2D eigenvalue weighted by Gasteiger charge is 2.19. The van der Waals surface area contributed by atoms with Gasteiger partial charge >= 0.3 is 0 Å². The molecule has 0 aliphatic rings. The van der Waals surface area contributed by atoms with E-state index in [0.717, 1.165) is 23.3 Å². The molecule has 35 heavy (non-hydrogen) atoms. The van der Waals surface area contributed by atoms with Crippen LogP contribution in [0, 0.1) is 18.6 Å². The zero-order valence-corrected chi connectivity index (χ0v) is 20.8. The number of hydrogen-bond acceptors (Lipinski definition) is 5. The molecule has 2 atom stereocenters. The number of aliphatic hydroxyl groups is 1. The maximum atomic E-state index is 14.0. The number of benzene rings is 2. The fraction of sp³-hybridized carbons (Fsp3) is 0.280. The van der Waals surface area contributed by atoms with Gasteiger partial charge < -0.3 is 25.9 Å². The lowest BCUT2D eigenvalue weighted by Gasteiger charge is -2.16. The van der Waals surface area contributed by atoms with E-state index in [9.17, 15) is 23.5 Å². The molecule has 1 heterocycles. The van der Waals surface area contributed by atoms with Gasteiger partial charge in [0.25, 0.3) is 5.56 Å². The zero-order chi connectivity index (χ0) is 25.7. The molecule has 1 aromatic heterocycles. The third kappa shape index (κ3) is 6.74. The van der Waals surface area contributed by atoms with Crippen LogP contribution in [0.1, 0.15) is 34.9 Å². The highest BCUT2D eigenvalue weighted by Crippen LogP contribution is 2.31. The van der Waals surface area contributed by atoms with Gasteiger partial charge in [-0.05, 0) is 53.0 Å². The van der Waals surface area contributed by atoms with Gasteiger partial charge in [-0.1, -0.05) is 24.3 Å². The van der Waals surface area contributed by atoms with E-state index in [1.165, 1.54) is 13.0 Å². The molecule has 0 aliphatic carbocycles. The fourth-order valence-corrected chi connectivity index (χ4v) is 3.82. The third-order valence-electron chi connectivity index (χ3n) is 5.51. The van der Waals surface area contributed by atoms with Crippen molar-refractivity contribution in [1.29, 1.82) is 0 Å². The van der Waals surface area contributed by atoms with E-state index >= 15 is 0 Å². The molecule has 0 bridgehead atoms. The minimum absolute atomic E-state index is 0.156. The van der Waals surface area contributed by atoms with E-state index in [2.05, 4.69) is 26.2 Å². The maximum absolute atomic E-state index is 14.0. The van der Waals surface area contributed by atoms with Crippen LogP contribution < -0.4 is 21.3 Å². The van der Waals surface area contributed by atoms with Crippen LogP contribution in [-0.4, -0.2) is 28.1 Å². The lowest BCUT2D eigenvalue weighted by atomic mass is 10.0. The fourth-order valence-electron chi connectivity index (χ4n) is 3.36. The average molecular weight is 550 g/mol. The van der Waals surface area contributed by atoms with Crippen molar-refractivity contribution in [1.82, 2.24) is 10.3 Å². The van der Waals surface area contributed by atoms with Gasteiger partial charge in [-0.2, -0.15) is 0 Å². The van der Waals surface area contributed by atoms with Crippen LogP contribution in [0.4, 0.5) is 8.78 Å². The van der Waals surface area contributed by atoms with Gasteiger partial charge in [0.15, 0.2) is 0 Å². The number of rotatable bonds is 9. The number of aromatic nitrogens is 1. The maximum Gasteiger partial charge on any atom is 0.266 e. The topological polar surface area (TPSA) is 117 Å².